The van der Waals surface area contributed by atoms with Gasteiger partial charge in [0.1, 0.15) is 24.1 Å². The summed E-state index contributed by atoms with van der Waals surface area (Å²) < 4.78 is 16.2. The molecule has 1 aliphatic rings. The molecule has 1 saturated heterocycles. The highest BCUT2D eigenvalue weighted by atomic mass is 16.7. The minimum Gasteiger partial charge on any atom is -0.460 e. The van der Waals surface area contributed by atoms with Crippen LogP contribution in [0.25, 0.3) is 0 Å². The summed E-state index contributed by atoms with van der Waals surface area (Å²) in [7, 11) is 3.36. The molecular formula is C15H23NO6. The van der Waals surface area contributed by atoms with Gasteiger partial charge in [-0.05, 0) is 24.6 Å². The molecule has 0 radical (unpaired) electrons. The maximum absolute atomic E-state index is 9.99. The summed E-state index contributed by atoms with van der Waals surface area (Å²) in [5.74, 6) is 0.474. The van der Waals surface area contributed by atoms with Gasteiger partial charge in [0.2, 0.25) is 6.29 Å². The Balaban J connectivity index is 2.15. The zero-order valence-electron chi connectivity index (χ0n) is 12.9. The molecule has 1 aliphatic heterocycles. The van der Waals surface area contributed by atoms with Crippen molar-refractivity contribution in [3.63, 3.8) is 0 Å². The summed E-state index contributed by atoms with van der Waals surface area (Å²) >= 11 is 0. The van der Waals surface area contributed by atoms with Gasteiger partial charge in [-0.3, -0.25) is 0 Å². The zero-order valence-corrected chi connectivity index (χ0v) is 12.9. The van der Waals surface area contributed by atoms with E-state index in [0.717, 1.165) is 5.56 Å². The van der Waals surface area contributed by atoms with Crippen LogP contribution in [0.5, 0.6) is 5.75 Å². The molecule has 0 saturated carbocycles. The number of aliphatic hydroxyl groups excluding tert-OH is 3. The summed E-state index contributed by atoms with van der Waals surface area (Å²) in [6.07, 6.45) is -5.51. The van der Waals surface area contributed by atoms with Gasteiger partial charge in [-0.1, -0.05) is 6.07 Å². The minimum absolute atomic E-state index is 0.472. The highest BCUT2D eigenvalue weighted by Gasteiger charge is 2.43. The Hall–Kier alpha value is -1.38. The standard InChI is InChI=1S/C15H23NO6/c1-8-12(17)13(18)14(19)15(21-8)22-11-5-4-9(7-20-3)6-10(11)16-2/h4-6,8,12-19H,7H2,1-3H3. The van der Waals surface area contributed by atoms with Crippen LogP contribution in [-0.4, -0.2) is 60.2 Å². The van der Waals surface area contributed by atoms with Crippen molar-refractivity contribution >= 4 is 5.69 Å². The first kappa shape index (κ1) is 17.0. The third-order valence-electron chi connectivity index (χ3n) is 3.68. The first-order chi connectivity index (χ1) is 10.5. The number of hydrogen-bond acceptors (Lipinski definition) is 7. The van der Waals surface area contributed by atoms with Crippen LogP contribution in [0.15, 0.2) is 18.2 Å². The van der Waals surface area contributed by atoms with Crippen molar-refractivity contribution in [2.45, 2.75) is 44.2 Å². The van der Waals surface area contributed by atoms with Gasteiger partial charge in [-0.15, -0.1) is 0 Å². The predicted molar refractivity (Wildman–Crippen MR) is 79.7 cm³/mol. The molecule has 22 heavy (non-hydrogen) atoms. The van der Waals surface area contributed by atoms with Gasteiger partial charge in [-0.25, -0.2) is 0 Å². The van der Waals surface area contributed by atoms with Gasteiger partial charge < -0.3 is 34.8 Å². The Labute approximate surface area is 129 Å². The van der Waals surface area contributed by atoms with Crippen LogP contribution in [0.1, 0.15) is 12.5 Å². The van der Waals surface area contributed by atoms with E-state index < -0.39 is 30.7 Å². The number of nitrogens with one attached hydrogen (secondary N) is 1. The highest BCUT2D eigenvalue weighted by Crippen LogP contribution is 2.30. The number of anilines is 1. The van der Waals surface area contributed by atoms with Crippen molar-refractivity contribution in [3.05, 3.63) is 23.8 Å². The summed E-state index contributed by atoms with van der Waals surface area (Å²) in [6.45, 7) is 2.08. The Morgan fingerprint density at radius 1 is 1.18 bits per heavy atom. The van der Waals surface area contributed by atoms with E-state index in [2.05, 4.69) is 5.32 Å². The molecule has 0 aliphatic carbocycles. The topological polar surface area (TPSA) is 100 Å². The molecule has 1 fully saturated rings. The van der Waals surface area contributed by atoms with E-state index in [9.17, 15) is 15.3 Å². The number of hydrogen-bond donors (Lipinski definition) is 4. The largest absolute Gasteiger partial charge is 0.460 e. The molecule has 124 valence electrons. The number of ether oxygens (including phenoxy) is 3. The number of rotatable bonds is 5. The predicted octanol–water partition coefficient (Wildman–Crippen LogP) is 0.0810. The molecule has 2 rings (SSSR count). The van der Waals surface area contributed by atoms with Crippen molar-refractivity contribution in [3.8, 4) is 5.75 Å². The number of aliphatic hydroxyl groups is 3. The van der Waals surface area contributed by atoms with E-state index >= 15 is 0 Å². The Morgan fingerprint density at radius 2 is 1.91 bits per heavy atom. The van der Waals surface area contributed by atoms with E-state index in [0.29, 0.717) is 18.0 Å². The monoisotopic (exact) mass is 313 g/mol. The molecule has 0 bridgehead atoms. The van der Waals surface area contributed by atoms with E-state index in [1.54, 1.807) is 27.1 Å². The van der Waals surface area contributed by atoms with Crippen LogP contribution in [0.4, 0.5) is 5.69 Å². The molecule has 1 heterocycles. The van der Waals surface area contributed by atoms with Gasteiger partial charge in [0.25, 0.3) is 0 Å². The normalized spacial score (nSPS) is 31.8. The average molecular weight is 313 g/mol. The lowest BCUT2D eigenvalue weighted by atomic mass is 10.00. The van der Waals surface area contributed by atoms with Crippen LogP contribution in [0.2, 0.25) is 0 Å². The molecule has 5 unspecified atom stereocenters. The molecule has 4 N–H and O–H groups in total. The van der Waals surface area contributed by atoms with Crippen LogP contribution < -0.4 is 10.1 Å². The second-order valence-electron chi connectivity index (χ2n) is 5.31. The van der Waals surface area contributed by atoms with Gasteiger partial charge in [-0.2, -0.15) is 0 Å². The summed E-state index contributed by atoms with van der Waals surface area (Å²) in [4.78, 5) is 0. The minimum atomic E-state index is -1.34. The van der Waals surface area contributed by atoms with Crippen LogP contribution >= 0.6 is 0 Å². The SMILES string of the molecule is CNc1cc(COC)ccc1OC1OC(C)C(O)C(O)C1O. The molecule has 7 heteroatoms. The van der Waals surface area contributed by atoms with Crippen LogP contribution in [0.3, 0.4) is 0 Å². The van der Waals surface area contributed by atoms with E-state index in [-0.39, 0.29) is 0 Å². The Morgan fingerprint density at radius 3 is 2.55 bits per heavy atom. The van der Waals surface area contributed by atoms with Crippen molar-refractivity contribution in [2.24, 2.45) is 0 Å². The smallest absolute Gasteiger partial charge is 0.229 e. The molecule has 0 amide bonds. The lowest BCUT2D eigenvalue weighted by molar-refractivity contribution is -0.268. The molecule has 0 aromatic heterocycles. The van der Waals surface area contributed by atoms with E-state index in [1.807, 2.05) is 12.1 Å². The van der Waals surface area contributed by atoms with Crippen molar-refractivity contribution in [1.29, 1.82) is 0 Å². The third kappa shape index (κ3) is 3.50. The van der Waals surface area contributed by atoms with E-state index in [4.69, 9.17) is 14.2 Å². The fourth-order valence-electron chi connectivity index (χ4n) is 2.37. The number of benzene rings is 1. The molecule has 1 aromatic rings. The summed E-state index contributed by atoms with van der Waals surface area (Å²) in [6, 6.07) is 5.44. The first-order valence-corrected chi connectivity index (χ1v) is 7.14. The Kier molecular flexibility index (Phi) is 5.60. The Bertz CT molecular complexity index is 497. The van der Waals surface area contributed by atoms with Gasteiger partial charge in [0.05, 0.1) is 18.4 Å². The second-order valence-corrected chi connectivity index (χ2v) is 5.31. The lowest BCUT2D eigenvalue weighted by Gasteiger charge is -2.39. The maximum Gasteiger partial charge on any atom is 0.229 e. The van der Waals surface area contributed by atoms with Crippen molar-refractivity contribution in [2.75, 3.05) is 19.5 Å². The molecule has 5 atom stereocenters. The first-order valence-electron chi connectivity index (χ1n) is 7.14. The fraction of sp³-hybridized carbons (Fsp3) is 0.600. The molecule has 1 aromatic carbocycles. The average Bonchev–Trinajstić information content (AvgIpc) is 2.52. The maximum atomic E-state index is 9.99. The quantitative estimate of drug-likeness (QED) is 0.611. The van der Waals surface area contributed by atoms with Gasteiger partial charge in [0, 0.05) is 14.2 Å². The van der Waals surface area contributed by atoms with Crippen molar-refractivity contribution < 1.29 is 29.5 Å². The van der Waals surface area contributed by atoms with E-state index in [1.165, 1.54) is 0 Å². The fourth-order valence-corrected chi connectivity index (χ4v) is 2.37. The second kappa shape index (κ2) is 7.26. The zero-order chi connectivity index (χ0) is 16.3. The summed E-state index contributed by atoms with van der Waals surface area (Å²) in [5.41, 5.74) is 1.67. The van der Waals surface area contributed by atoms with Gasteiger partial charge in [0.15, 0.2) is 0 Å². The van der Waals surface area contributed by atoms with Crippen LogP contribution in [0, 0.1) is 0 Å². The van der Waals surface area contributed by atoms with Gasteiger partial charge >= 0.3 is 0 Å². The molecule has 0 spiro atoms. The number of methoxy groups -OCH3 is 1. The summed E-state index contributed by atoms with van der Waals surface area (Å²) in [5, 5.41) is 32.5. The molecular weight excluding hydrogens is 290 g/mol. The third-order valence-corrected chi connectivity index (χ3v) is 3.68. The van der Waals surface area contributed by atoms with Crippen LogP contribution in [-0.2, 0) is 16.1 Å². The molecule has 7 nitrogen and oxygen atoms in total. The highest BCUT2D eigenvalue weighted by molar-refractivity contribution is 5.57. The van der Waals surface area contributed by atoms with Crippen molar-refractivity contribution in [1.82, 2.24) is 0 Å². The lowest BCUT2D eigenvalue weighted by Crippen LogP contribution is -2.58.